The predicted octanol–water partition coefficient (Wildman–Crippen LogP) is 7.04. The SMILES string of the molecule is Clc1ccc2c(c1)[C@H]1[C@H]3C[C@H]([C@@H]4CCC[C@@H]43)[C@H]1[C@H](c1ccc(Br)cc1)N2. The summed E-state index contributed by atoms with van der Waals surface area (Å²) in [5.41, 5.74) is 4.24. The number of fused-ring (bicyclic) bond motifs is 10. The lowest BCUT2D eigenvalue weighted by molar-refractivity contribution is 0.140. The van der Waals surface area contributed by atoms with Gasteiger partial charge < -0.3 is 5.32 Å². The Morgan fingerprint density at radius 2 is 1.69 bits per heavy atom. The van der Waals surface area contributed by atoms with Crippen molar-refractivity contribution in [3.05, 3.63) is 63.1 Å². The molecule has 2 aromatic carbocycles. The van der Waals surface area contributed by atoms with Crippen LogP contribution in [0.15, 0.2) is 46.9 Å². The quantitative estimate of drug-likeness (QED) is 0.514. The van der Waals surface area contributed by atoms with Crippen LogP contribution in [0, 0.1) is 29.6 Å². The molecule has 0 radical (unpaired) electrons. The fraction of sp³-hybridized carbons (Fsp3) is 0.478. The van der Waals surface area contributed by atoms with E-state index in [-0.39, 0.29) is 0 Å². The summed E-state index contributed by atoms with van der Waals surface area (Å²) >= 11 is 10.0. The molecular formula is C23H23BrClN. The second kappa shape index (κ2) is 5.75. The molecule has 0 amide bonds. The van der Waals surface area contributed by atoms with Gasteiger partial charge in [-0.2, -0.15) is 0 Å². The zero-order valence-electron chi connectivity index (χ0n) is 14.7. The third kappa shape index (κ3) is 2.15. The zero-order chi connectivity index (χ0) is 17.4. The molecule has 1 heterocycles. The fourth-order valence-electron chi connectivity index (χ4n) is 7.22. The Labute approximate surface area is 168 Å². The number of hydrogen-bond acceptors (Lipinski definition) is 1. The zero-order valence-corrected chi connectivity index (χ0v) is 17.0. The monoisotopic (exact) mass is 427 g/mol. The number of nitrogens with one attached hydrogen (secondary N) is 1. The Morgan fingerprint density at radius 3 is 2.50 bits per heavy atom. The van der Waals surface area contributed by atoms with Crippen molar-refractivity contribution < 1.29 is 0 Å². The first-order chi connectivity index (χ1) is 12.7. The molecule has 2 bridgehead atoms. The molecule has 3 heteroatoms. The minimum atomic E-state index is 0.429. The van der Waals surface area contributed by atoms with Crippen molar-refractivity contribution in [2.45, 2.75) is 37.6 Å². The van der Waals surface area contributed by atoms with E-state index in [0.717, 1.165) is 33.2 Å². The van der Waals surface area contributed by atoms with Gasteiger partial charge in [0.25, 0.3) is 0 Å². The Morgan fingerprint density at radius 1 is 0.923 bits per heavy atom. The lowest BCUT2D eigenvalue weighted by Gasteiger charge is -2.47. The van der Waals surface area contributed by atoms with Gasteiger partial charge in [-0.05, 0) is 96.2 Å². The molecule has 0 aromatic heterocycles. The van der Waals surface area contributed by atoms with Crippen LogP contribution >= 0.6 is 27.5 Å². The van der Waals surface area contributed by atoms with Gasteiger partial charge in [0.2, 0.25) is 0 Å². The van der Waals surface area contributed by atoms with Crippen LogP contribution < -0.4 is 5.32 Å². The fourth-order valence-corrected chi connectivity index (χ4v) is 7.67. The molecule has 4 aliphatic rings. The maximum Gasteiger partial charge on any atom is 0.0550 e. The molecule has 0 spiro atoms. The van der Waals surface area contributed by atoms with Gasteiger partial charge in [0, 0.05) is 15.2 Å². The van der Waals surface area contributed by atoms with E-state index in [2.05, 4.69) is 57.6 Å². The largest absolute Gasteiger partial charge is 0.378 e. The molecule has 3 aliphatic carbocycles. The van der Waals surface area contributed by atoms with Crippen molar-refractivity contribution in [1.29, 1.82) is 0 Å². The van der Waals surface area contributed by atoms with E-state index in [1.165, 1.54) is 42.5 Å². The average molecular weight is 429 g/mol. The van der Waals surface area contributed by atoms with Gasteiger partial charge in [0.15, 0.2) is 0 Å². The second-order valence-corrected chi connectivity index (χ2v) is 10.2. The van der Waals surface area contributed by atoms with Crippen LogP contribution in [0.2, 0.25) is 5.02 Å². The molecular weight excluding hydrogens is 406 g/mol. The van der Waals surface area contributed by atoms with E-state index in [4.69, 9.17) is 11.6 Å². The molecule has 1 nitrogen and oxygen atoms in total. The molecule has 2 aromatic rings. The van der Waals surface area contributed by atoms with E-state index in [1.54, 1.807) is 0 Å². The Hall–Kier alpha value is -0.990. The Balaban J connectivity index is 1.50. The van der Waals surface area contributed by atoms with E-state index < -0.39 is 0 Å². The number of rotatable bonds is 1. The first kappa shape index (κ1) is 16.0. The third-order valence-corrected chi connectivity index (χ3v) is 8.70. The summed E-state index contributed by atoms with van der Waals surface area (Å²) in [7, 11) is 0. The summed E-state index contributed by atoms with van der Waals surface area (Å²) in [6, 6.07) is 15.9. The van der Waals surface area contributed by atoms with Crippen LogP contribution in [-0.2, 0) is 0 Å². The molecule has 6 rings (SSSR count). The molecule has 1 aliphatic heterocycles. The van der Waals surface area contributed by atoms with Crippen LogP contribution in [0.5, 0.6) is 0 Å². The van der Waals surface area contributed by atoms with Crippen molar-refractivity contribution >= 4 is 33.2 Å². The third-order valence-electron chi connectivity index (χ3n) is 7.94. The highest BCUT2D eigenvalue weighted by molar-refractivity contribution is 9.10. The number of hydrogen-bond donors (Lipinski definition) is 1. The van der Waals surface area contributed by atoms with Crippen LogP contribution in [0.25, 0.3) is 0 Å². The standard InChI is InChI=1S/C23H23BrClN/c24-13-6-4-12(5-7-13)23-22-18-11-17(15-2-1-3-16(15)18)21(22)19-10-14(25)8-9-20(19)26-23/h4-10,15-18,21-23,26H,1-3,11H2/t15-,16+,17-,18+,21+,22+,23-/m0/s1. The second-order valence-electron chi connectivity index (χ2n) is 8.83. The molecule has 134 valence electrons. The normalized spacial score (nSPS) is 39.2. The maximum absolute atomic E-state index is 6.42. The molecule has 1 N–H and O–H groups in total. The number of anilines is 1. The topological polar surface area (TPSA) is 12.0 Å². The first-order valence-corrected chi connectivity index (χ1v) is 11.2. The lowest BCUT2D eigenvalue weighted by Crippen LogP contribution is -2.40. The maximum atomic E-state index is 6.42. The van der Waals surface area contributed by atoms with Crippen LogP contribution in [-0.4, -0.2) is 0 Å². The smallest absolute Gasteiger partial charge is 0.0550 e. The molecule has 0 saturated heterocycles. The summed E-state index contributed by atoms with van der Waals surface area (Å²) in [6.45, 7) is 0. The highest BCUT2D eigenvalue weighted by atomic mass is 79.9. The average Bonchev–Trinajstić information content (AvgIpc) is 3.34. The van der Waals surface area contributed by atoms with E-state index in [0.29, 0.717) is 17.9 Å². The minimum absolute atomic E-state index is 0.429. The van der Waals surface area contributed by atoms with E-state index >= 15 is 0 Å². The van der Waals surface area contributed by atoms with Gasteiger partial charge in [-0.15, -0.1) is 0 Å². The molecule has 3 fully saturated rings. The van der Waals surface area contributed by atoms with E-state index in [9.17, 15) is 0 Å². The van der Waals surface area contributed by atoms with Crippen molar-refractivity contribution in [3.8, 4) is 0 Å². The van der Waals surface area contributed by atoms with Crippen molar-refractivity contribution in [2.24, 2.45) is 29.6 Å². The minimum Gasteiger partial charge on any atom is -0.378 e. The van der Waals surface area contributed by atoms with Gasteiger partial charge >= 0.3 is 0 Å². The van der Waals surface area contributed by atoms with Gasteiger partial charge in [0.05, 0.1) is 6.04 Å². The van der Waals surface area contributed by atoms with E-state index in [1.807, 2.05) is 6.07 Å². The van der Waals surface area contributed by atoms with Gasteiger partial charge in [-0.25, -0.2) is 0 Å². The Bertz CT molecular complexity index is 863. The lowest BCUT2D eigenvalue weighted by atomic mass is 9.62. The van der Waals surface area contributed by atoms with Crippen LogP contribution in [0.3, 0.4) is 0 Å². The van der Waals surface area contributed by atoms with Crippen LogP contribution in [0.4, 0.5) is 5.69 Å². The molecule has 26 heavy (non-hydrogen) atoms. The van der Waals surface area contributed by atoms with Crippen molar-refractivity contribution in [2.75, 3.05) is 5.32 Å². The first-order valence-electron chi connectivity index (χ1n) is 10.0. The van der Waals surface area contributed by atoms with Crippen molar-refractivity contribution in [1.82, 2.24) is 0 Å². The summed E-state index contributed by atoms with van der Waals surface area (Å²) < 4.78 is 1.16. The van der Waals surface area contributed by atoms with Crippen LogP contribution in [0.1, 0.15) is 48.8 Å². The van der Waals surface area contributed by atoms with Crippen molar-refractivity contribution in [3.63, 3.8) is 0 Å². The molecule has 3 saturated carbocycles. The summed E-state index contributed by atoms with van der Waals surface area (Å²) in [5.74, 6) is 5.09. The van der Waals surface area contributed by atoms with Gasteiger partial charge in [0.1, 0.15) is 0 Å². The summed E-state index contributed by atoms with van der Waals surface area (Å²) in [5, 5.41) is 4.81. The summed E-state index contributed by atoms with van der Waals surface area (Å²) in [4.78, 5) is 0. The summed E-state index contributed by atoms with van der Waals surface area (Å²) in [6.07, 6.45) is 5.80. The highest BCUT2D eigenvalue weighted by Gasteiger charge is 2.62. The van der Waals surface area contributed by atoms with Gasteiger partial charge in [-0.3, -0.25) is 0 Å². The number of benzene rings is 2. The predicted molar refractivity (Wildman–Crippen MR) is 111 cm³/mol. The molecule has 0 unspecified atom stereocenters. The molecule has 7 atom stereocenters. The highest BCUT2D eigenvalue weighted by Crippen LogP contribution is 2.70. The Kier molecular flexibility index (Phi) is 3.54. The number of halogens is 2. The van der Waals surface area contributed by atoms with Gasteiger partial charge in [-0.1, -0.05) is 46.1 Å².